The summed E-state index contributed by atoms with van der Waals surface area (Å²) < 4.78 is 0. The van der Waals surface area contributed by atoms with Gasteiger partial charge in [-0.25, -0.2) is 0 Å². The van der Waals surface area contributed by atoms with E-state index in [1.807, 2.05) is 24.3 Å². The highest BCUT2D eigenvalue weighted by Crippen LogP contribution is 2.29. The van der Waals surface area contributed by atoms with Crippen molar-refractivity contribution in [1.82, 2.24) is 0 Å². The average Bonchev–Trinajstić information content (AvgIpc) is 2.57. The molecule has 0 saturated heterocycles. The largest absolute Gasteiger partial charge is 0.320 e. The van der Waals surface area contributed by atoms with Crippen molar-refractivity contribution < 1.29 is 0 Å². The Balaban J connectivity index is 2.38. The highest BCUT2D eigenvalue weighted by Gasteiger charge is 2.13. The van der Waals surface area contributed by atoms with E-state index in [1.165, 1.54) is 15.3 Å². The van der Waals surface area contributed by atoms with Crippen LogP contribution in [0.1, 0.15) is 26.9 Å². The zero-order valence-electron chi connectivity index (χ0n) is 9.33. The smallest absolute Gasteiger partial charge is 0.0563 e. The monoisotopic (exact) mass is 251 g/mol. The maximum absolute atomic E-state index is 6.25. The lowest BCUT2D eigenvalue weighted by molar-refractivity contribution is 0.869. The molecule has 0 fully saturated rings. The molecule has 1 atom stereocenters. The quantitative estimate of drug-likeness (QED) is 0.856. The second kappa shape index (κ2) is 4.58. The second-order valence-electron chi connectivity index (χ2n) is 3.90. The maximum atomic E-state index is 6.25. The van der Waals surface area contributed by atoms with Crippen LogP contribution in [0.15, 0.2) is 30.3 Å². The van der Waals surface area contributed by atoms with Crippen LogP contribution in [-0.2, 0) is 0 Å². The van der Waals surface area contributed by atoms with Gasteiger partial charge in [-0.05, 0) is 43.2 Å². The first-order valence-electron chi connectivity index (χ1n) is 5.16. The van der Waals surface area contributed by atoms with Gasteiger partial charge < -0.3 is 5.73 Å². The van der Waals surface area contributed by atoms with E-state index >= 15 is 0 Å². The fourth-order valence-corrected chi connectivity index (χ4v) is 3.01. The minimum Gasteiger partial charge on any atom is -0.320 e. The van der Waals surface area contributed by atoms with Crippen LogP contribution in [0.3, 0.4) is 0 Å². The van der Waals surface area contributed by atoms with Crippen LogP contribution in [0.5, 0.6) is 0 Å². The molecule has 2 N–H and O–H groups in total. The third kappa shape index (κ3) is 2.29. The molecule has 1 nitrogen and oxygen atoms in total. The zero-order valence-corrected chi connectivity index (χ0v) is 10.9. The number of benzene rings is 1. The first-order valence-corrected chi connectivity index (χ1v) is 6.35. The summed E-state index contributed by atoms with van der Waals surface area (Å²) in [6.07, 6.45) is 0. The van der Waals surface area contributed by atoms with Crippen molar-refractivity contribution in [2.24, 2.45) is 5.73 Å². The molecule has 0 amide bonds. The number of hydrogen-bond donors (Lipinski definition) is 1. The van der Waals surface area contributed by atoms with Crippen LogP contribution < -0.4 is 5.73 Å². The van der Waals surface area contributed by atoms with Crippen molar-refractivity contribution in [2.45, 2.75) is 19.9 Å². The lowest BCUT2D eigenvalue weighted by Gasteiger charge is -2.12. The fraction of sp³-hybridized carbons (Fsp3) is 0.231. The molecule has 16 heavy (non-hydrogen) atoms. The van der Waals surface area contributed by atoms with Crippen LogP contribution >= 0.6 is 22.9 Å². The van der Waals surface area contributed by atoms with Crippen LogP contribution in [0, 0.1) is 13.8 Å². The van der Waals surface area contributed by atoms with Crippen LogP contribution in [0.2, 0.25) is 5.02 Å². The van der Waals surface area contributed by atoms with Crippen LogP contribution in [0.25, 0.3) is 0 Å². The molecule has 1 aromatic heterocycles. The minimum absolute atomic E-state index is 0.0800. The van der Waals surface area contributed by atoms with Gasteiger partial charge in [-0.1, -0.05) is 23.7 Å². The number of halogens is 1. The molecule has 0 aliphatic rings. The molecule has 0 radical (unpaired) electrons. The Morgan fingerprint density at radius 3 is 2.56 bits per heavy atom. The lowest BCUT2D eigenvalue weighted by atomic mass is 10.0. The predicted octanol–water partition coefficient (Wildman–Crippen LogP) is 4.07. The topological polar surface area (TPSA) is 26.0 Å². The summed E-state index contributed by atoms with van der Waals surface area (Å²) in [4.78, 5) is 2.58. The van der Waals surface area contributed by atoms with E-state index in [4.69, 9.17) is 17.3 Å². The molecule has 2 aromatic rings. The van der Waals surface area contributed by atoms with Gasteiger partial charge >= 0.3 is 0 Å². The Labute approximate surface area is 105 Å². The first-order chi connectivity index (χ1) is 7.58. The summed E-state index contributed by atoms with van der Waals surface area (Å²) in [6.45, 7) is 4.21. The van der Waals surface area contributed by atoms with Gasteiger partial charge in [0.1, 0.15) is 0 Å². The number of thiophene rings is 1. The molecule has 3 heteroatoms. The normalized spacial score (nSPS) is 12.8. The van der Waals surface area contributed by atoms with E-state index in [2.05, 4.69) is 19.9 Å². The minimum atomic E-state index is -0.0800. The summed E-state index contributed by atoms with van der Waals surface area (Å²) in [5, 5.41) is 0.734. The molecule has 0 spiro atoms. The highest BCUT2D eigenvalue weighted by atomic mass is 35.5. The molecule has 84 valence electrons. The maximum Gasteiger partial charge on any atom is 0.0563 e. The summed E-state index contributed by atoms with van der Waals surface area (Å²) in [7, 11) is 0. The van der Waals surface area contributed by atoms with Crippen molar-refractivity contribution >= 4 is 22.9 Å². The standard InChI is InChI=1S/C13H14ClNS/c1-8-6-12(9(2)16-8)13(15)10-4-3-5-11(14)7-10/h3-7,13H,15H2,1-2H3. The summed E-state index contributed by atoms with van der Waals surface area (Å²) in [5.74, 6) is 0. The van der Waals surface area contributed by atoms with Crippen molar-refractivity contribution in [3.63, 3.8) is 0 Å². The number of hydrogen-bond acceptors (Lipinski definition) is 2. The van der Waals surface area contributed by atoms with Crippen molar-refractivity contribution in [3.05, 3.63) is 56.2 Å². The van der Waals surface area contributed by atoms with Crippen molar-refractivity contribution in [2.75, 3.05) is 0 Å². The van der Waals surface area contributed by atoms with E-state index in [-0.39, 0.29) is 6.04 Å². The third-order valence-electron chi connectivity index (χ3n) is 2.62. The molecule has 0 aliphatic carbocycles. The van der Waals surface area contributed by atoms with Gasteiger partial charge in [-0.3, -0.25) is 0 Å². The molecule has 2 rings (SSSR count). The molecular formula is C13H14ClNS. The van der Waals surface area contributed by atoms with Crippen LogP contribution in [0.4, 0.5) is 0 Å². The number of nitrogens with two attached hydrogens (primary N) is 1. The van der Waals surface area contributed by atoms with E-state index in [0.717, 1.165) is 10.6 Å². The van der Waals surface area contributed by atoms with E-state index < -0.39 is 0 Å². The summed E-state index contributed by atoms with van der Waals surface area (Å²) >= 11 is 7.75. The van der Waals surface area contributed by atoms with E-state index in [9.17, 15) is 0 Å². The van der Waals surface area contributed by atoms with Gasteiger partial charge in [0.05, 0.1) is 6.04 Å². The Kier molecular flexibility index (Phi) is 3.33. The van der Waals surface area contributed by atoms with Gasteiger partial charge in [0.15, 0.2) is 0 Å². The van der Waals surface area contributed by atoms with E-state index in [0.29, 0.717) is 0 Å². The zero-order chi connectivity index (χ0) is 11.7. The second-order valence-corrected chi connectivity index (χ2v) is 5.80. The predicted molar refractivity (Wildman–Crippen MR) is 71.3 cm³/mol. The van der Waals surface area contributed by atoms with Gasteiger partial charge in [0, 0.05) is 14.8 Å². The highest BCUT2D eigenvalue weighted by molar-refractivity contribution is 7.12. The van der Waals surface area contributed by atoms with Crippen LogP contribution in [-0.4, -0.2) is 0 Å². The Hall–Kier alpha value is -0.830. The lowest BCUT2D eigenvalue weighted by Crippen LogP contribution is -2.11. The molecule has 1 heterocycles. The molecule has 0 bridgehead atoms. The Morgan fingerprint density at radius 2 is 2.00 bits per heavy atom. The van der Waals surface area contributed by atoms with Crippen molar-refractivity contribution in [3.8, 4) is 0 Å². The van der Waals surface area contributed by atoms with E-state index in [1.54, 1.807) is 11.3 Å². The summed E-state index contributed by atoms with van der Waals surface area (Å²) in [5.41, 5.74) is 8.51. The molecule has 1 aromatic carbocycles. The van der Waals surface area contributed by atoms with Gasteiger partial charge in [0.2, 0.25) is 0 Å². The molecule has 0 saturated carbocycles. The van der Waals surface area contributed by atoms with Gasteiger partial charge in [-0.2, -0.15) is 0 Å². The SMILES string of the molecule is Cc1cc(C(N)c2cccc(Cl)c2)c(C)s1. The summed E-state index contributed by atoms with van der Waals surface area (Å²) in [6, 6.07) is 9.83. The molecular weight excluding hydrogens is 238 g/mol. The Morgan fingerprint density at radius 1 is 1.25 bits per heavy atom. The fourth-order valence-electron chi connectivity index (χ4n) is 1.84. The first kappa shape index (κ1) is 11.6. The molecule has 1 unspecified atom stereocenters. The van der Waals surface area contributed by atoms with Gasteiger partial charge in [-0.15, -0.1) is 11.3 Å². The average molecular weight is 252 g/mol. The Bertz CT molecular complexity index is 504. The number of aryl methyl sites for hydroxylation is 2. The third-order valence-corrected chi connectivity index (χ3v) is 3.84. The molecule has 0 aliphatic heterocycles. The number of rotatable bonds is 2. The van der Waals surface area contributed by atoms with Crippen molar-refractivity contribution in [1.29, 1.82) is 0 Å². The van der Waals surface area contributed by atoms with Gasteiger partial charge in [0.25, 0.3) is 0 Å².